The zero-order chi connectivity index (χ0) is 11.9. The molecule has 0 aliphatic rings. The Labute approximate surface area is 97.4 Å². The number of hydrogen-bond donors (Lipinski definition) is 1. The van der Waals surface area contributed by atoms with Crippen molar-refractivity contribution in [3.05, 3.63) is 39.0 Å². The minimum absolute atomic E-state index is 0.159. The van der Waals surface area contributed by atoms with Crippen molar-refractivity contribution in [1.29, 1.82) is 0 Å². The van der Waals surface area contributed by atoms with Crippen LogP contribution in [0.4, 0.5) is 10.5 Å². The molecule has 7 heteroatoms. The van der Waals surface area contributed by atoms with Crippen LogP contribution in [0.2, 0.25) is 0 Å². The Bertz CT molecular complexity index is 605. The van der Waals surface area contributed by atoms with Crippen LogP contribution in [0, 0.1) is 10.1 Å². The molecule has 0 unspecified atom stereocenters. The van der Waals surface area contributed by atoms with Gasteiger partial charge in [-0.25, -0.2) is 4.79 Å². The van der Waals surface area contributed by atoms with Crippen LogP contribution >= 0.6 is 15.9 Å². The van der Waals surface area contributed by atoms with Gasteiger partial charge in [0.25, 0.3) is 5.69 Å². The second-order valence-corrected chi connectivity index (χ2v) is 3.94. The molecule has 2 rings (SSSR count). The third-order valence-electron chi connectivity index (χ3n) is 2.16. The van der Waals surface area contributed by atoms with Crippen molar-refractivity contribution in [1.82, 2.24) is 4.57 Å². The maximum atomic E-state index is 10.8. The lowest BCUT2D eigenvalue weighted by atomic mass is 10.2. The van der Waals surface area contributed by atoms with E-state index in [0.29, 0.717) is 15.4 Å². The molecule has 1 heterocycles. The van der Waals surface area contributed by atoms with Crippen molar-refractivity contribution >= 4 is 38.6 Å². The van der Waals surface area contributed by atoms with Gasteiger partial charge in [0.1, 0.15) is 0 Å². The minimum atomic E-state index is -1.17. The number of nitrogens with zero attached hydrogens (tertiary/aromatic N) is 2. The van der Waals surface area contributed by atoms with E-state index < -0.39 is 11.0 Å². The predicted octanol–water partition coefficient (Wildman–Crippen LogP) is 2.84. The molecule has 0 atom stereocenters. The van der Waals surface area contributed by atoms with Gasteiger partial charge in [-0.15, -0.1) is 0 Å². The van der Waals surface area contributed by atoms with Crippen molar-refractivity contribution < 1.29 is 14.8 Å². The highest BCUT2D eigenvalue weighted by Gasteiger charge is 2.16. The SMILES string of the molecule is O=C(O)n1ccc2cc(Br)c([N+](=O)[O-])cc21. The van der Waals surface area contributed by atoms with Gasteiger partial charge in [-0.05, 0) is 28.1 Å². The molecular weight excluding hydrogens is 280 g/mol. The summed E-state index contributed by atoms with van der Waals surface area (Å²) in [6.45, 7) is 0. The van der Waals surface area contributed by atoms with Crippen molar-refractivity contribution in [2.45, 2.75) is 0 Å². The fourth-order valence-electron chi connectivity index (χ4n) is 1.45. The van der Waals surface area contributed by atoms with Crippen molar-refractivity contribution in [3.63, 3.8) is 0 Å². The zero-order valence-electron chi connectivity index (χ0n) is 7.75. The van der Waals surface area contributed by atoms with E-state index in [-0.39, 0.29) is 5.69 Å². The van der Waals surface area contributed by atoms with Crippen molar-refractivity contribution in [2.75, 3.05) is 0 Å². The summed E-state index contributed by atoms with van der Waals surface area (Å²) in [6.07, 6.45) is 0.176. The van der Waals surface area contributed by atoms with Crippen molar-refractivity contribution in [3.8, 4) is 0 Å². The Hall–Kier alpha value is -1.89. The molecule has 1 aromatic heterocycles. The Balaban J connectivity index is 2.79. The monoisotopic (exact) mass is 284 g/mol. The molecule has 0 aliphatic heterocycles. The summed E-state index contributed by atoms with van der Waals surface area (Å²) >= 11 is 3.07. The fourth-order valence-corrected chi connectivity index (χ4v) is 1.96. The first-order chi connectivity index (χ1) is 7.50. The van der Waals surface area contributed by atoms with Gasteiger partial charge in [0.15, 0.2) is 0 Å². The van der Waals surface area contributed by atoms with Crippen LogP contribution in [-0.2, 0) is 0 Å². The Morgan fingerprint density at radius 2 is 2.19 bits per heavy atom. The van der Waals surface area contributed by atoms with E-state index in [4.69, 9.17) is 5.11 Å². The van der Waals surface area contributed by atoms with Crippen molar-refractivity contribution in [2.24, 2.45) is 0 Å². The summed E-state index contributed by atoms with van der Waals surface area (Å²) in [7, 11) is 0. The predicted molar refractivity (Wildman–Crippen MR) is 59.7 cm³/mol. The summed E-state index contributed by atoms with van der Waals surface area (Å²) in [5.74, 6) is 0. The first kappa shape index (κ1) is 10.6. The van der Waals surface area contributed by atoms with Gasteiger partial charge in [0.05, 0.1) is 14.9 Å². The van der Waals surface area contributed by atoms with E-state index in [1.807, 2.05) is 0 Å². The minimum Gasteiger partial charge on any atom is -0.464 e. The number of aromatic nitrogens is 1. The molecule has 0 amide bonds. The number of benzene rings is 1. The van der Waals surface area contributed by atoms with Gasteiger partial charge in [0.2, 0.25) is 0 Å². The number of nitro groups is 1. The number of nitro benzene ring substituents is 1. The molecule has 0 saturated heterocycles. The second kappa shape index (κ2) is 3.60. The molecule has 82 valence electrons. The third kappa shape index (κ3) is 1.54. The Kier molecular flexibility index (Phi) is 2.39. The van der Waals surface area contributed by atoms with Crippen LogP contribution in [0.5, 0.6) is 0 Å². The summed E-state index contributed by atoms with van der Waals surface area (Å²) in [4.78, 5) is 20.9. The first-order valence-corrected chi connectivity index (χ1v) is 4.98. The average molecular weight is 285 g/mol. The van der Waals surface area contributed by atoms with Crippen LogP contribution in [0.3, 0.4) is 0 Å². The molecule has 1 aromatic carbocycles. The third-order valence-corrected chi connectivity index (χ3v) is 2.80. The zero-order valence-corrected chi connectivity index (χ0v) is 9.34. The van der Waals surface area contributed by atoms with E-state index >= 15 is 0 Å². The van der Waals surface area contributed by atoms with E-state index in [2.05, 4.69) is 15.9 Å². The topological polar surface area (TPSA) is 85.4 Å². The molecule has 0 fully saturated rings. The first-order valence-electron chi connectivity index (χ1n) is 4.19. The molecule has 0 spiro atoms. The van der Waals surface area contributed by atoms with Gasteiger partial charge < -0.3 is 5.11 Å². The second-order valence-electron chi connectivity index (χ2n) is 3.09. The summed E-state index contributed by atoms with van der Waals surface area (Å²) < 4.78 is 1.27. The van der Waals surface area contributed by atoms with E-state index in [9.17, 15) is 14.9 Å². The normalized spacial score (nSPS) is 10.6. The number of hydrogen-bond acceptors (Lipinski definition) is 3. The Morgan fingerprint density at radius 1 is 1.50 bits per heavy atom. The molecule has 16 heavy (non-hydrogen) atoms. The quantitative estimate of drug-likeness (QED) is 0.644. The molecule has 0 bridgehead atoms. The number of fused-ring (bicyclic) bond motifs is 1. The van der Waals surface area contributed by atoms with Crippen LogP contribution in [-0.4, -0.2) is 20.7 Å². The van der Waals surface area contributed by atoms with E-state index in [1.165, 1.54) is 18.3 Å². The van der Waals surface area contributed by atoms with Crippen LogP contribution in [0.1, 0.15) is 0 Å². The highest BCUT2D eigenvalue weighted by Crippen LogP contribution is 2.30. The van der Waals surface area contributed by atoms with Crippen LogP contribution in [0.15, 0.2) is 28.9 Å². The van der Waals surface area contributed by atoms with E-state index in [1.54, 1.807) is 6.07 Å². The number of halogens is 1. The summed E-state index contributed by atoms with van der Waals surface area (Å²) in [5, 5.41) is 20.2. The molecule has 6 nitrogen and oxygen atoms in total. The van der Waals surface area contributed by atoms with E-state index in [0.717, 1.165) is 4.57 Å². The van der Waals surface area contributed by atoms with Gasteiger partial charge in [0, 0.05) is 17.6 Å². The largest absolute Gasteiger partial charge is 0.464 e. The number of carboxylic acid groups (broad SMARTS) is 1. The van der Waals surface area contributed by atoms with Gasteiger partial charge in [-0.1, -0.05) is 0 Å². The van der Waals surface area contributed by atoms with Crippen LogP contribution in [0.25, 0.3) is 10.9 Å². The number of rotatable bonds is 1. The maximum Gasteiger partial charge on any atom is 0.416 e. The van der Waals surface area contributed by atoms with Crippen LogP contribution < -0.4 is 0 Å². The Morgan fingerprint density at radius 3 is 2.75 bits per heavy atom. The molecule has 2 aromatic rings. The molecule has 0 aliphatic carbocycles. The molecule has 0 radical (unpaired) electrons. The van der Waals surface area contributed by atoms with Gasteiger partial charge in [-0.2, -0.15) is 0 Å². The smallest absolute Gasteiger partial charge is 0.416 e. The van der Waals surface area contributed by atoms with Gasteiger partial charge >= 0.3 is 6.09 Å². The summed E-state index contributed by atoms with van der Waals surface area (Å²) in [5.41, 5.74) is 0.135. The fraction of sp³-hybridized carbons (Fsp3) is 0. The number of carbonyl (C=O) groups is 1. The lowest BCUT2D eigenvalue weighted by Crippen LogP contribution is -2.05. The molecular formula is C9H5BrN2O4. The maximum absolute atomic E-state index is 10.8. The lowest BCUT2D eigenvalue weighted by Gasteiger charge is -1.99. The van der Waals surface area contributed by atoms with Gasteiger partial charge in [-0.3, -0.25) is 14.7 Å². The summed E-state index contributed by atoms with van der Waals surface area (Å²) in [6, 6.07) is 4.33. The highest BCUT2D eigenvalue weighted by molar-refractivity contribution is 9.10. The molecule has 0 saturated carbocycles. The highest BCUT2D eigenvalue weighted by atomic mass is 79.9. The average Bonchev–Trinajstić information content (AvgIpc) is 2.58. The lowest BCUT2D eigenvalue weighted by molar-refractivity contribution is -0.385. The standard InChI is InChI=1S/C9H5BrN2O4/c10-6-3-5-1-2-11(9(13)14)7(5)4-8(6)12(15)16/h1-4H,(H,13,14). The molecule has 1 N–H and O–H groups in total.